The molecule has 5 heteroatoms. The third kappa shape index (κ3) is 2.62. The Morgan fingerprint density at radius 3 is 2.57 bits per heavy atom. The molecule has 1 aliphatic rings. The fourth-order valence-electron chi connectivity index (χ4n) is 2.37. The highest BCUT2D eigenvalue weighted by Crippen LogP contribution is 2.29. The third-order valence-corrected chi connectivity index (χ3v) is 3.67. The molecule has 0 aromatic heterocycles. The van der Waals surface area contributed by atoms with Crippen molar-refractivity contribution in [1.29, 1.82) is 0 Å². The van der Waals surface area contributed by atoms with Crippen LogP contribution in [-0.4, -0.2) is 17.6 Å². The standard InChI is InChI=1S/C16H14ClN3O/c17-9-15(18)19-12-5-7-13(8-6-12)20-10-11-3-1-2-4-14(11)16(20)21/h1-8H,9-10H2,(H2,18,19). The number of carbonyl (C=O) groups is 1. The summed E-state index contributed by atoms with van der Waals surface area (Å²) in [5, 5.41) is 0. The van der Waals surface area contributed by atoms with Gasteiger partial charge in [0.1, 0.15) is 5.84 Å². The molecule has 0 atom stereocenters. The lowest BCUT2D eigenvalue weighted by atomic mass is 10.1. The van der Waals surface area contributed by atoms with E-state index in [1.807, 2.05) is 48.5 Å². The van der Waals surface area contributed by atoms with Gasteiger partial charge in [-0.05, 0) is 35.9 Å². The molecule has 2 N–H and O–H groups in total. The molecule has 2 aromatic rings. The highest BCUT2D eigenvalue weighted by atomic mass is 35.5. The number of anilines is 1. The number of fused-ring (bicyclic) bond motifs is 1. The van der Waals surface area contributed by atoms with E-state index in [2.05, 4.69) is 4.99 Å². The summed E-state index contributed by atoms with van der Waals surface area (Å²) >= 11 is 5.60. The predicted molar refractivity (Wildman–Crippen MR) is 85.4 cm³/mol. The Kier molecular flexibility index (Phi) is 3.62. The van der Waals surface area contributed by atoms with Crippen molar-refractivity contribution in [3.05, 3.63) is 59.7 Å². The van der Waals surface area contributed by atoms with E-state index in [0.29, 0.717) is 12.4 Å². The monoisotopic (exact) mass is 299 g/mol. The number of alkyl halides is 1. The average Bonchev–Trinajstić information content (AvgIpc) is 2.85. The van der Waals surface area contributed by atoms with Crippen molar-refractivity contribution < 1.29 is 4.79 Å². The lowest BCUT2D eigenvalue weighted by Gasteiger charge is -2.15. The van der Waals surface area contributed by atoms with Gasteiger partial charge in [-0.3, -0.25) is 4.79 Å². The maximum atomic E-state index is 12.4. The molecule has 0 bridgehead atoms. The Balaban J connectivity index is 1.85. The minimum absolute atomic E-state index is 0.0297. The van der Waals surface area contributed by atoms with Crippen molar-refractivity contribution in [2.75, 3.05) is 10.8 Å². The summed E-state index contributed by atoms with van der Waals surface area (Å²) in [5.74, 6) is 0.595. The first-order valence-corrected chi connectivity index (χ1v) is 7.11. The van der Waals surface area contributed by atoms with E-state index in [9.17, 15) is 4.79 Å². The number of halogens is 1. The quantitative estimate of drug-likeness (QED) is 0.538. The highest BCUT2D eigenvalue weighted by molar-refractivity contribution is 6.28. The second-order valence-electron chi connectivity index (χ2n) is 4.80. The van der Waals surface area contributed by atoms with Crippen molar-refractivity contribution in [2.24, 2.45) is 10.7 Å². The first-order chi connectivity index (χ1) is 10.2. The van der Waals surface area contributed by atoms with Crippen LogP contribution in [0.5, 0.6) is 0 Å². The Hall–Kier alpha value is -2.33. The van der Waals surface area contributed by atoms with Crippen molar-refractivity contribution >= 4 is 34.7 Å². The van der Waals surface area contributed by atoms with Crippen LogP contribution in [0.4, 0.5) is 11.4 Å². The third-order valence-electron chi connectivity index (χ3n) is 3.39. The fourth-order valence-corrected chi connectivity index (χ4v) is 2.43. The number of carbonyl (C=O) groups excluding carboxylic acids is 1. The predicted octanol–water partition coefficient (Wildman–Crippen LogP) is 3.07. The molecule has 0 saturated carbocycles. The Bertz CT molecular complexity index is 710. The van der Waals surface area contributed by atoms with E-state index in [-0.39, 0.29) is 11.8 Å². The molecular weight excluding hydrogens is 286 g/mol. The van der Waals surface area contributed by atoms with Crippen molar-refractivity contribution in [2.45, 2.75) is 6.54 Å². The maximum absolute atomic E-state index is 12.4. The fraction of sp³-hybridized carbons (Fsp3) is 0.125. The first kappa shape index (κ1) is 13.6. The lowest BCUT2D eigenvalue weighted by Crippen LogP contribution is -2.22. The molecule has 0 radical (unpaired) electrons. The van der Waals surface area contributed by atoms with Crippen LogP contribution in [0.3, 0.4) is 0 Å². The van der Waals surface area contributed by atoms with Gasteiger partial charge in [0.25, 0.3) is 5.91 Å². The van der Waals surface area contributed by atoms with Crippen LogP contribution in [0.2, 0.25) is 0 Å². The molecule has 0 unspecified atom stereocenters. The number of aliphatic imine (C=N–C) groups is 1. The SMILES string of the molecule is NC(CCl)=Nc1ccc(N2Cc3ccccc3C2=O)cc1. The number of benzene rings is 2. The van der Waals surface area contributed by atoms with E-state index in [1.165, 1.54) is 0 Å². The molecule has 1 amide bonds. The van der Waals surface area contributed by atoms with E-state index in [4.69, 9.17) is 17.3 Å². The summed E-state index contributed by atoms with van der Waals surface area (Å²) in [6.45, 7) is 0.599. The molecule has 1 aliphatic heterocycles. The summed E-state index contributed by atoms with van der Waals surface area (Å²) in [7, 11) is 0. The highest BCUT2D eigenvalue weighted by Gasteiger charge is 2.27. The molecule has 3 rings (SSSR count). The Morgan fingerprint density at radius 2 is 1.90 bits per heavy atom. The van der Waals surface area contributed by atoms with Crippen LogP contribution in [0.25, 0.3) is 0 Å². The van der Waals surface area contributed by atoms with E-state index >= 15 is 0 Å². The topological polar surface area (TPSA) is 58.7 Å². The van der Waals surface area contributed by atoms with Crippen LogP contribution < -0.4 is 10.6 Å². The number of hydrogen-bond acceptors (Lipinski definition) is 2. The van der Waals surface area contributed by atoms with Gasteiger partial charge < -0.3 is 10.6 Å². The second-order valence-corrected chi connectivity index (χ2v) is 5.07. The zero-order valence-electron chi connectivity index (χ0n) is 11.3. The average molecular weight is 300 g/mol. The minimum Gasteiger partial charge on any atom is -0.386 e. The van der Waals surface area contributed by atoms with E-state index in [0.717, 1.165) is 22.5 Å². The van der Waals surface area contributed by atoms with Crippen LogP contribution in [0, 0.1) is 0 Å². The van der Waals surface area contributed by atoms with Gasteiger partial charge in [0.05, 0.1) is 18.1 Å². The number of amidine groups is 1. The van der Waals surface area contributed by atoms with Gasteiger partial charge in [-0.2, -0.15) is 0 Å². The van der Waals surface area contributed by atoms with Crippen LogP contribution in [0.1, 0.15) is 15.9 Å². The normalized spacial score (nSPS) is 14.4. The molecule has 4 nitrogen and oxygen atoms in total. The van der Waals surface area contributed by atoms with Gasteiger partial charge in [0.2, 0.25) is 0 Å². The Labute approximate surface area is 127 Å². The van der Waals surface area contributed by atoms with Gasteiger partial charge in [-0.15, -0.1) is 11.6 Å². The van der Waals surface area contributed by atoms with Crippen LogP contribution in [-0.2, 0) is 6.54 Å². The molecule has 0 saturated heterocycles. The van der Waals surface area contributed by atoms with E-state index in [1.54, 1.807) is 4.90 Å². The lowest BCUT2D eigenvalue weighted by molar-refractivity contribution is 0.0996. The van der Waals surface area contributed by atoms with Crippen molar-refractivity contribution in [3.63, 3.8) is 0 Å². The second kappa shape index (κ2) is 5.58. The summed E-state index contributed by atoms with van der Waals surface area (Å²) < 4.78 is 0. The molecule has 1 heterocycles. The molecule has 21 heavy (non-hydrogen) atoms. The number of rotatable bonds is 3. The van der Waals surface area contributed by atoms with E-state index < -0.39 is 0 Å². The van der Waals surface area contributed by atoms with Gasteiger partial charge in [0.15, 0.2) is 0 Å². The van der Waals surface area contributed by atoms with Crippen LogP contribution >= 0.6 is 11.6 Å². The molecule has 106 valence electrons. The molecule has 2 aromatic carbocycles. The molecule has 0 spiro atoms. The summed E-state index contributed by atoms with van der Waals surface area (Å²) in [5.41, 5.74) is 8.99. The number of nitrogens with two attached hydrogens (primary N) is 1. The van der Waals surface area contributed by atoms with Gasteiger partial charge >= 0.3 is 0 Å². The molecule has 0 fully saturated rings. The summed E-state index contributed by atoms with van der Waals surface area (Å²) in [4.78, 5) is 18.3. The zero-order chi connectivity index (χ0) is 14.8. The number of amides is 1. The summed E-state index contributed by atoms with van der Waals surface area (Å²) in [6, 6.07) is 15.0. The van der Waals surface area contributed by atoms with Crippen molar-refractivity contribution in [3.8, 4) is 0 Å². The van der Waals surface area contributed by atoms with Crippen molar-refractivity contribution in [1.82, 2.24) is 0 Å². The summed E-state index contributed by atoms with van der Waals surface area (Å²) in [6.07, 6.45) is 0. The molecule has 0 aliphatic carbocycles. The van der Waals surface area contributed by atoms with Gasteiger partial charge in [-0.1, -0.05) is 18.2 Å². The minimum atomic E-state index is 0.0297. The van der Waals surface area contributed by atoms with Gasteiger partial charge in [0, 0.05) is 11.3 Å². The van der Waals surface area contributed by atoms with Crippen LogP contribution in [0.15, 0.2) is 53.5 Å². The number of hydrogen-bond donors (Lipinski definition) is 1. The smallest absolute Gasteiger partial charge is 0.258 e. The maximum Gasteiger partial charge on any atom is 0.258 e. The Morgan fingerprint density at radius 1 is 1.19 bits per heavy atom. The molecular formula is C16H14ClN3O. The zero-order valence-corrected chi connectivity index (χ0v) is 12.0. The largest absolute Gasteiger partial charge is 0.386 e. The van der Waals surface area contributed by atoms with Gasteiger partial charge in [-0.25, -0.2) is 4.99 Å². The first-order valence-electron chi connectivity index (χ1n) is 6.58. The number of nitrogens with zero attached hydrogens (tertiary/aromatic N) is 2.